The van der Waals surface area contributed by atoms with Crippen LogP contribution in [-0.4, -0.2) is 62.1 Å². The molecule has 0 N–H and O–H groups in total. The molecule has 1 saturated heterocycles. The molecule has 1 atom stereocenters. The second kappa shape index (κ2) is 13.0. The predicted molar refractivity (Wildman–Crippen MR) is 147 cm³/mol. The summed E-state index contributed by atoms with van der Waals surface area (Å²) < 4.78 is 10.9. The van der Waals surface area contributed by atoms with Gasteiger partial charge in [-0.2, -0.15) is 0 Å². The minimum absolute atomic E-state index is 0.0255. The SMILES string of the molecule is COc1cc(OC)cc(C(=O)N(C/C(C)=C/c2ccccc2)C[C@@H]2CCCN2CC2CCCCC2)c1. The van der Waals surface area contributed by atoms with Crippen molar-refractivity contribution in [1.29, 1.82) is 0 Å². The predicted octanol–water partition coefficient (Wildman–Crippen LogP) is 6.29. The fourth-order valence-corrected chi connectivity index (χ4v) is 5.81. The van der Waals surface area contributed by atoms with Crippen molar-refractivity contribution in [3.63, 3.8) is 0 Å². The van der Waals surface area contributed by atoms with Gasteiger partial charge in [0, 0.05) is 37.3 Å². The summed E-state index contributed by atoms with van der Waals surface area (Å²) in [6.07, 6.45) is 11.4. The number of benzene rings is 2. The highest BCUT2D eigenvalue weighted by atomic mass is 16.5. The van der Waals surface area contributed by atoms with Crippen molar-refractivity contribution >= 4 is 12.0 Å². The van der Waals surface area contributed by atoms with Gasteiger partial charge >= 0.3 is 0 Å². The summed E-state index contributed by atoms with van der Waals surface area (Å²) in [6.45, 7) is 5.79. The largest absolute Gasteiger partial charge is 0.497 e. The monoisotopic (exact) mass is 490 g/mol. The van der Waals surface area contributed by atoms with Crippen LogP contribution in [0.5, 0.6) is 11.5 Å². The van der Waals surface area contributed by atoms with Gasteiger partial charge in [0.05, 0.1) is 14.2 Å². The second-order valence-corrected chi connectivity index (χ2v) is 10.5. The molecule has 5 nitrogen and oxygen atoms in total. The van der Waals surface area contributed by atoms with E-state index in [9.17, 15) is 4.79 Å². The number of ether oxygens (including phenoxy) is 2. The van der Waals surface area contributed by atoms with Crippen LogP contribution in [-0.2, 0) is 0 Å². The Morgan fingerprint density at radius 1 is 0.972 bits per heavy atom. The first-order valence-electron chi connectivity index (χ1n) is 13.5. The van der Waals surface area contributed by atoms with E-state index in [-0.39, 0.29) is 5.91 Å². The molecule has 5 heteroatoms. The zero-order valence-electron chi connectivity index (χ0n) is 22.2. The summed E-state index contributed by atoms with van der Waals surface area (Å²) in [5.41, 5.74) is 2.93. The van der Waals surface area contributed by atoms with E-state index in [1.54, 1.807) is 14.2 Å². The average molecular weight is 491 g/mol. The van der Waals surface area contributed by atoms with E-state index in [2.05, 4.69) is 30.0 Å². The fraction of sp³-hybridized carbons (Fsp3) is 0.516. The van der Waals surface area contributed by atoms with Crippen molar-refractivity contribution in [2.45, 2.75) is 57.9 Å². The summed E-state index contributed by atoms with van der Waals surface area (Å²) in [6, 6.07) is 16.2. The van der Waals surface area contributed by atoms with Crippen molar-refractivity contribution < 1.29 is 14.3 Å². The van der Waals surface area contributed by atoms with Crippen LogP contribution in [0.25, 0.3) is 6.08 Å². The van der Waals surface area contributed by atoms with Gasteiger partial charge in [-0.05, 0) is 62.8 Å². The lowest BCUT2D eigenvalue weighted by Crippen LogP contribution is -2.45. The molecule has 36 heavy (non-hydrogen) atoms. The van der Waals surface area contributed by atoms with Crippen LogP contribution < -0.4 is 9.47 Å². The Bertz CT molecular complexity index is 991. The first-order chi connectivity index (χ1) is 17.6. The van der Waals surface area contributed by atoms with Crippen LogP contribution in [0.2, 0.25) is 0 Å². The zero-order valence-corrected chi connectivity index (χ0v) is 22.2. The van der Waals surface area contributed by atoms with Crippen LogP contribution in [0.15, 0.2) is 54.1 Å². The number of carbonyl (C=O) groups is 1. The third-order valence-electron chi connectivity index (χ3n) is 7.69. The third-order valence-corrected chi connectivity index (χ3v) is 7.69. The van der Waals surface area contributed by atoms with E-state index in [1.165, 1.54) is 50.6 Å². The van der Waals surface area contributed by atoms with Gasteiger partial charge in [0.15, 0.2) is 0 Å². The molecule has 0 bridgehead atoms. The molecule has 1 saturated carbocycles. The van der Waals surface area contributed by atoms with Crippen molar-refractivity contribution in [3.05, 3.63) is 65.2 Å². The summed E-state index contributed by atoms with van der Waals surface area (Å²) in [5, 5.41) is 0. The lowest BCUT2D eigenvalue weighted by atomic mass is 9.89. The Labute approximate surface area is 217 Å². The van der Waals surface area contributed by atoms with E-state index in [4.69, 9.17) is 9.47 Å². The van der Waals surface area contributed by atoms with Gasteiger partial charge in [-0.25, -0.2) is 0 Å². The van der Waals surface area contributed by atoms with E-state index in [1.807, 2.05) is 41.3 Å². The van der Waals surface area contributed by atoms with Gasteiger partial charge in [-0.1, -0.05) is 61.2 Å². The molecular formula is C31H42N2O3. The Morgan fingerprint density at radius 2 is 1.67 bits per heavy atom. The number of methoxy groups -OCH3 is 2. The minimum atomic E-state index is 0.0255. The van der Waals surface area contributed by atoms with E-state index < -0.39 is 0 Å². The second-order valence-electron chi connectivity index (χ2n) is 10.5. The van der Waals surface area contributed by atoms with Crippen molar-refractivity contribution in [2.75, 3.05) is 40.4 Å². The number of carbonyl (C=O) groups excluding carboxylic acids is 1. The Balaban J connectivity index is 1.55. The molecule has 2 aromatic rings. The van der Waals surface area contributed by atoms with Gasteiger partial charge in [-0.3, -0.25) is 9.69 Å². The summed E-state index contributed by atoms with van der Waals surface area (Å²) in [4.78, 5) is 18.6. The van der Waals surface area contributed by atoms with Gasteiger partial charge in [0.1, 0.15) is 11.5 Å². The normalized spacial score (nSPS) is 19.3. The molecule has 4 rings (SSSR count). The van der Waals surface area contributed by atoms with E-state index in [0.717, 1.165) is 31.0 Å². The number of nitrogens with zero attached hydrogens (tertiary/aromatic N) is 2. The number of hydrogen-bond donors (Lipinski definition) is 0. The zero-order chi connectivity index (χ0) is 25.3. The molecular weight excluding hydrogens is 448 g/mol. The molecule has 0 spiro atoms. The number of rotatable bonds is 10. The van der Waals surface area contributed by atoms with Crippen LogP contribution in [0, 0.1) is 5.92 Å². The molecule has 2 aromatic carbocycles. The summed E-state index contributed by atoms with van der Waals surface area (Å²) in [7, 11) is 3.24. The number of amides is 1. The molecule has 194 valence electrons. The molecule has 1 aliphatic heterocycles. The lowest BCUT2D eigenvalue weighted by molar-refractivity contribution is 0.0709. The smallest absolute Gasteiger partial charge is 0.254 e. The topological polar surface area (TPSA) is 42.0 Å². The summed E-state index contributed by atoms with van der Waals surface area (Å²) in [5.74, 6) is 2.10. The average Bonchev–Trinajstić information content (AvgIpc) is 3.34. The lowest BCUT2D eigenvalue weighted by Gasteiger charge is -2.34. The molecule has 1 amide bonds. The maximum absolute atomic E-state index is 13.9. The van der Waals surface area contributed by atoms with Gasteiger partial charge in [0.2, 0.25) is 0 Å². The molecule has 2 fully saturated rings. The standard InChI is InChI=1S/C31H42N2O3/c1-24(17-25-11-6-4-7-12-25)21-33(31(34)27-18-29(35-2)20-30(19-27)36-3)23-28-15-10-16-32(28)22-26-13-8-5-9-14-26/h4,6-7,11-12,17-20,26,28H,5,8-10,13-16,21-23H2,1-3H3/b24-17+/t28-/m0/s1. The Kier molecular flexibility index (Phi) is 9.46. The van der Waals surface area contributed by atoms with E-state index >= 15 is 0 Å². The maximum atomic E-state index is 13.9. The van der Waals surface area contributed by atoms with Gasteiger partial charge in [0.25, 0.3) is 5.91 Å². The van der Waals surface area contributed by atoms with Crippen molar-refractivity contribution in [2.24, 2.45) is 5.92 Å². The van der Waals surface area contributed by atoms with Crippen LogP contribution in [0.1, 0.15) is 67.8 Å². The quantitative estimate of drug-likeness (QED) is 0.392. The van der Waals surface area contributed by atoms with Gasteiger partial charge < -0.3 is 14.4 Å². The molecule has 1 heterocycles. The maximum Gasteiger partial charge on any atom is 0.254 e. The first kappa shape index (κ1) is 26.3. The highest BCUT2D eigenvalue weighted by Crippen LogP contribution is 2.29. The third kappa shape index (κ3) is 7.13. The molecule has 0 unspecified atom stereocenters. The van der Waals surface area contributed by atoms with Crippen molar-refractivity contribution in [1.82, 2.24) is 9.80 Å². The number of hydrogen-bond acceptors (Lipinski definition) is 4. The van der Waals surface area contributed by atoms with Crippen LogP contribution in [0.4, 0.5) is 0 Å². The van der Waals surface area contributed by atoms with E-state index in [0.29, 0.717) is 29.6 Å². The van der Waals surface area contributed by atoms with Crippen LogP contribution >= 0.6 is 0 Å². The minimum Gasteiger partial charge on any atom is -0.497 e. The fourth-order valence-electron chi connectivity index (χ4n) is 5.81. The number of likely N-dealkylation sites (tertiary alicyclic amines) is 1. The van der Waals surface area contributed by atoms with Crippen molar-refractivity contribution in [3.8, 4) is 11.5 Å². The van der Waals surface area contributed by atoms with Crippen LogP contribution in [0.3, 0.4) is 0 Å². The first-order valence-corrected chi connectivity index (χ1v) is 13.5. The Hall–Kier alpha value is -2.79. The highest BCUT2D eigenvalue weighted by molar-refractivity contribution is 5.95. The molecule has 0 aromatic heterocycles. The molecule has 0 radical (unpaired) electrons. The molecule has 2 aliphatic rings. The summed E-state index contributed by atoms with van der Waals surface area (Å²) >= 11 is 0. The molecule has 1 aliphatic carbocycles. The highest BCUT2D eigenvalue weighted by Gasteiger charge is 2.31. The van der Waals surface area contributed by atoms with Gasteiger partial charge in [-0.15, -0.1) is 0 Å². The Morgan fingerprint density at radius 3 is 2.33 bits per heavy atom.